The first kappa shape index (κ1) is 18.2. The lowest BCUT2D eigenvalue weighted by molar-refractivity contribution is -0.123. The average molecular weight is 460 g/mol. The number of amides is 2. The molecule has 4 atom stereocenters. The van der Waals surface area contributed by atoms with Crippen molar-refractivity contribution in [3.05, 3.63) is 39.9 Å². The quantitative estimate of drug-likeness (QED) is 0.440. The molecular weight excluding hydrogens is 451 g/mol. The van der Waals surface area contributed by atoms with Crippen molar-refractivity contribution in [2.75, 3.05) is 4.90 Å². The second-order valence-electron chi connectivity index (χ2n) is 6.38. The van der Waals surface area contributed by atoms with Crippen molar-refractivity contribution in [1.29, 1.82) is 0 Å². The Labute approximate surface area is 173 Å². The zero-order chi connectivity index (χ0) is 18.5. The summed E-state index contributed by atoms with van der Waals surface area (Å²) in [5.41, 5.74) is 1.20. The molecule has 1 heterocycles. The monoisotopic (exact) mass is 457 g/mol. The van der Waals surface area contributed by atoms with Gasteiger partial charge in [-0.1, -0.05) is 64.6 Å². The predicted molar refractivity (Wildman–Crippen MR) is 101 cm³/mol. The normalized spacial score (nSPS) is 38.8. The van der Waals surface area contributed by atoms with E-state index < -0.39 is 37.7 Å². The van der Waals surface area contributed by atoms with Crippen LogP contribution in [0.25, 0.3) is 0 Å². The van der Waals surface area contributed by atoms with Gasteiger partial charge >= 0.3 is 0 Å². The van der Waals surface area contributed by atoms with Gasteiger partial charge in [0.15, 0.2) is 4.33 Å². The summed E-state index contributed by atoms with van der Waals surface area (Å²) in [7, 11) is 0. The van der Waals surface area contributed by atoms with E-state index in [0.717, 1.165) is 10.5 Å². The van der Waals surface area contributed by atoms with Gasteiger partial charge in [-0.3, -0.25) is 9.59 Å². The van der Waals surface area contributed by atoms with Crippen LogP contribution in [0.1, 0.15) is 5.56 Å². The number of aryl methyl sites for hydroxylation is 1. The van der Waals surface area contributed by atoms with E-state index in [-0.39, 0.29) is 10.1 Å². The predicted octanol–water partition coefficient (Wildman–Crippen LogP) is 4.95. The van der Waals surface area contributed by atoms with Gasteiger partial charge < -0.3 is 0 Å². The highest BCUT2D eigenvalue weighted by atomic mass is 35.5. The van der Waals surface area contributed by atoms with Gasteiger partial charge in [-0.15, -0.1) is 23.2 Å². The van der Waals surface area contributed by atoms with E-state index in [1.807, 2.05) is 0 Å². The van der Waals surface area contributed by atoms with E-state index in [0.29, 0.717) is 5.69 Å². The first-order valence-corrected chi connectivity index (χ1v) is 9.55. The second-order valence-corrected chi connectivity index (χ2v) is 9.66. The molecule has 0 aromatic heterocycles. The topological polar surface area (TPSA) is 37.4 Å². The Morgan fingerprint density at radius 1 is 0.880 bits per heavy atom. The highest BCUT2D eigenvalue weighted by Gasteiger charge is 2.87. The molecule has 0 unspecified atom stereocenters. The zero-order valence-corrected chi connectivity index (χ0v) is 17.0. The Kier molecular flexibility index (Phi) is 3.80. The van der Waals surface area contributed by atoms with Crippen LogP contribution in [0.5, 0.6) is 0 Å². The molecule has 0 radical (unpaired) electrons. The molecule has 132 valence electrons. The van der Waals surface area contributed by atoms with Crippen LogP contribution >= 0.6 is 69.6 Å². The average Bonchev–Trinajstić information content (AvgIpc) is 2.93. The van der Waals surface area contributed by atoms with E-state index in [4.69, 9.17) is 69.6 Å². The van der Waals surface area contributed by atoms with Gasteiger partial charge in [0.05, 0.1) is 27.6 Å². The molecule has 25 heavy (non-hydrogen) atoms. The Morgan fingerprint density at radius 2 is 1.32 bits per heavy atom. The number of hydrogen-bond acceptors (Lipinski definition) is 2. The number of fused-ring (bicyclic) bond motifs is 5. The van der Waals surface area contributed by atoms with E-state index in [1.165, 1.54) is 0 Å². The lowest BCUT2D eigenvalue weighted by Gasteiger charge is -2.34. The number of halogens is 6. The molecule has 3 nitrogen and oxygen atoms in total. The third-order valence-electron chi connectivity index (χ3n) is 5.27. The van der Waals surface area contributed by atoms with Crippen LogP contribution in [-0.2, 0) is 9.59 Å². The minimum atomic E-state index is -1.91. The highest BCUT2D eigenvalue weighted by molar-refractivity contribution is 6.67. The molecule has 3 aliphatic rings. The minimum Gasteiger partial charge on any atom is -0.274 e. The molecule has 2 amide bonds. The highest BCUT2D eigenvalue weighted by Crippen LogP contribution is 2.77. The van der Waals surface area contributed by atoms with E-state index in [2.05, 4.69) is 0 Å². The molecule has 1 saturated heterocycles. The van der Waals surface area contributed by atoms with Crippen LogP contribution in [-0.4, -0.2) is 25.9 Å². The largest absolute Gasteiger partial charge is 0.274 e. The van der Waals surface area contributed by atoms with Crippen molar-refractivity contribution in [3.8, 4) is 0 Å². The molecule has 2 bridgehead atoms. The van der Waals surface area contributed by atoms with E-state index in [9.17, 15) is 9.59 Å². The number of carbonyl (C=O) groups is 2. The third-order valence-corrected chi connectivity index (χ3v) is 9.52. The summed E-state index contributed by atoms with van der Waals surface area (Å²) in [4.78, 5) is 23.8. The van der Waals surface area contributed by atoms with E-state index >= 15 is 0 Å². The van der Waals surface area contributed by atoms with Crippen LogP contribution in [0, 0.1) is 18.8 Å². The number of nitrogens with zero attached hydrogens (tertiary/aromatic N) is 1. The Hall–Kier alpha value is -0.160. The van der Waals surface area contributed by atoms with Gasteiger partial charge in [-0.2, -0.15) is 0 Å². The second kappa shape index (κ2) is 5.21. The molecule has 2 aliphatic carbocycles. The van der Waals surface area contributed by atoms with Gasteiger partial charge in [0.25, 0.3) is 0 Å². The molecule has 0 spiro atoms. The van der Waals surface area contributed by atoms with Crippen LogP contribution < -0.4 is 4.90 Å². The number of alkyl halides is 4. The molecule has 1 aromatic carbocycles. The lowest BCUT2D eigenvalue weighted by atomic mass is 9.84. The fourth-order valence-electron chi connectivity index (χ4n) is 4.05. The lowest BCUT2D eigenvalue weighted by Crippen LogP contribution is -2.50. The summed E-state index contributed by atoms with van der Waals surface area (Å²) in [6, 6.07) is 6.99. The summed E-state index contributed by atoms with van der Waals surface area (Å²) >= 11 is 38.7. The van der Waals surface area contributed by atoms with Crippen molar-refractivity contribution in [3.63, 3.8) is 0 Å². The number of hydrogen-bond donors (Lipinski definition) is 0. The van der Waals surface area contributed by atoms with Crippen LogP contribution in [0.2, 0.25) is 0 Å². The number of carbonyl (C=O) groups excluding carboxylic acids is 2. The number of benzene rings is 1. The number of imide groups is 1. The summed E-state index contributed by atoms with van der Waals surface area (Å²) in [5, 5.41) is -0.185. The van der Waals surface area contributed by atoms with E-state index in [1.54, 1.807) is 31.2 Å². The molecule has 4 rings (SSSR count). The Morgan fingerprint density at radius 3 is 1.76 bits per heavy atom. The SMILES string of the molecule is Cc1ccccc1N1C(=O)[C@@H]2[C@@H](C1=O)[C@@]1(Cl)C(Cl)=C(Cl)[C@@]2(Cl)C1(Cl)Cl. The van der Waals surface area contributed by atoms with Gasteiger partial charge in [0.1, 0.15) is 9.75 Å². The van der Waals surface area contributed by atoms with Gasteiger partial charge in [0.2, 0.25) is 11.8 Å². The Bertz CT molecular complexity index is 837. The molecular formula is C16H9Cl6NO2. The fourth-order valence-corrected chi connectivity index (χ4v) is 6.98. The number of para-hydroxylation sites is 1. The molecule has 1 aromatic rings. The van der Waals surface area contributed by atoms with Crippen LogP contribution in [0.4, 0.5) is 5.69 Å². The fraction of sp³-hybridized carbons (Fsp3) is 0.375. The summed E-state index contributed by atoms with van der Waals surface area (Å²) in [6.07, 6.45) is 0. The van der Waals surface area contributed by atoms with Crippen molar-refractivity contribution >= 4 is 87.1 Å². The number of rotatable bonds is 1. The molecule has 0 N–H and O–H groups in total. The minimum absolute atomic E-state index is 0.0927. The standard InChI is InChI=1S/C16H9Cl6NO2/c1-6-4-2-3-5-7(6)23-12(24)8-9(13(23)25)15(20)11(18)10(17)14(8,19)16(15,21)22/h2-5,8-9H,1H3/t8-,9-,14+,15+/m0/s1. The molecule has 2 fully saturated rings. The van der Waals surface area contributed by atoms with Crippen molar-refractivity contribution in [2.24, 2.45) is 11.8 Å². The van der Waals surface area contributed by atoms with Crippen LogP contribution in [0.3, 0.4) is 0 Å². The summed E-state index contributed by atoms with van der Waals surface area (Å²) < 4.78 is -1.91. The number of allylic oxidation sites excluding steroid dienone is 2. The van der Waals surface area contributed by atoms with Gasteiger partial charge in [-0.05, 0) is 18.6 Å². The zero-order valence-electron chi connectivity index (χ0n) is 12.5. The molecule has 9 heteroatoms. The smallest absolute Gasteiger partial charge is 0.240 e. The maximum absolute atomic E-state index is 13.1. The first-order chi connectivity index (χ1) is 11.5. The van der Waals surface area contributed by atoms with Gasteiger partial charge in [-0.25, -0.2) is 4.90 Å². The molecule has 1 aliphatic heterocycles. The van der Waals surface area contributed by atoms with Crippen molar-refractivity contribution < 1.29 is 9.59 Å². The van der Waals surface area contributed by atoms with Gasteiger partial charge in [0, 0.05) is 0 Å². The number of anilines is 1. The van der Waals surface area contributed by atoms with Crippen molar-refractivity contribution in [2.45, 2.75) is 21.0 Å². The van der Waals surface area contributed by atoms with Crippen molar-refractivity contribution in [1.82, 2.24) is 0 Å². The third kappa shape index (κ3) is 1.74. The summed E-state index contributed by atoms with van der Waals surface area (Å²) in [5.74, 6) is -3.31. The first-order valence-electron chi connectivity index (χ1n) is 7.28. The summed E-state index contributed by atoms with van der Waals surface area (Å²) in [6.45, 7) is 1.79. The maximum Gasteiger partial charge on any atom is 0.240 e. The maximum atomic E-state index is 13.1. The molecule has 1 saturated carbocycles. The van der Waals surface area contributed by atoms with Crippen LogP contribution in [0.15, 0.2) is 34.3 Å². The Balaban J connectivity index is 1.94.